The predicted octanol–water partition coefficient (Wildman–Crippen LogP) is 11.7. The number of hydrogen-bond donors (Lipinski definition) is 0. The zero-order valence-corrected chi connectivity index (χ0v) is 42.8. The molecule has 2 saturated heterocycles. The summed E-state index contributed by atoms with van der Waals surface area (Å²) in [7, 11) is 0. The molecule has 9 heteroatoms. The third kappa shape index (κ3) is 15.5. The molecule has 0 N–H and O–H groups in total. The molecule has 7 rings (SSSR count). The van der Waals surface area contributed by atoms with Gasteiger partial charge in [-0.15, -0.1) is 0 Å². The Labute approximate surface area is 405 Å². The Bertz CT molecular complexity index is 2410. The minimum atomic E-state index is -0.643. The summed E-state index contributed by atoms with van der Waals surface area (Å²) < 4.78 is 38.1. The Morgan fingerprint density at radius 2 is 1.07 bits per heavy atom. The molecule has 0 saturated carbocycles. The number of aryl methyl sites for hydroxylation is 4. The van der Waals surface area contributed by atoms with Crippen molar-refractivity contribution in [2.75, 3.05) is 13.2 Å². The zero-order chi connectivity index (χ0) is 48.1. The van der Waals surface area contributed by atoms with Gasteiger partial charge in [0.1, 0.15) is 6.10 Å². The van der Waals surface area contributed by atoms with Gasteiger partial charge in [-0.3, -0.25) is 4.79 Å². The summed E-state index contributed by atoms with van der Waals surface area (Å²) >= 11 is 0.167. The van der Waals surface area contributed by atoms with E-state index < -0.39 is 11.6 Å². The molecule has 0 aliphatic carbocycles. The van der Waals surface area contributed by atoms with Crippen LogP contribution in [0, 0.1) is 27.7 Å². The molecule has 0 bridgehead atoms. The summed E-state index contributed by atoms with van der Waals surface area (Å²) in [6.45, 7) is 21.4. The average molecular weight is 974 g/mol. The number of carbonyl (C=O) groups is 2. The van der Waals surface area contributed by atoms with E-state index in [1.165, 1.54) is 15.6 Å². The zero-order valence-electron chi connectivity index (χ0n) is 41.1. The van der Waals surface area contributed by atoms with Crippen LogP contribution in [0.15, 0.2) is 121 Å². The summed E-state index contributed by atoms with van der Waals surface area (Å²) in [5, 5.41) is 0. The van der Waals surface area contributed by atoms with Gasteiger partial charge in [0.05, 0.1) is 19.3 Å². The first-order valence-electron chi connectivity index (χ1n) is 23.5. The predicted molar refractivity (Wildman–Crippen MR) is 269 cm³/mol. The quantitative estimate of drug-likeness (QED) is 0.0597. The normalized spacial score (nSPS) is 20.1. The Kier molecular flexibility index (Phi) is 18.7. The van der Waals surface area contributed by atoms with Crippen LogP contribution < -0.4 is 4.46 Å². The van der Waals surface area contributed by atoms with Crippen molar-refractivity contribution >= 4 is 37.1 Å². The van der Waals surface area contributed by atoms with Crippen molar-refractivity contribution in [2.24, 2.45) is 0 Å². The number of benzene rings is 5. The van der Waals surface area contributed by atoms with Crippen LogP contribution in [0.25, 0.3) is 6.08 Å². The number of hydrogen-bond acceptors (Lipinski definition) is 8. The van der Waals surface area contributed by atoms with Crippen LogP contribution in [0.3, 0.4) is 0 Å². The Balaban J connectivity index is 0.000000226. The van der Waals surface area contributed by atoms with Gasteiger partial charge < -0.3 is 14.2 Å². The number of ether oxygens (including phenoxy) is 6. The van der Waals surface area contributed by atoms with Crippen LogP contribution in [0.5, 0.6) is 0 Å². The first kappa shape index (κ1) is 51.8. The fourth-order valence-corrected chi connectivity index (χ4v) is 11.8. The molecule has 5 aromatic rings. The summed E-state index contributed by atoms with van der Waals surface area (Å²) in [5.41, 5.74) is 10.5. The van der Waals surface area contributed by atoms with Crippen molar-refractivity contribution in [3.63, 3.8) is 0 Å². The summed E-state index contributed by atoms with van der Waals surface area (Å²) in [6, 6.07) is 39.4. The van der Waals surface area contributed by atoms with E-state index in [4.69, 9.17) is 28.4 Å². The molecule has 2 aliphatic rings. The second-order valence-electron chi connectivity index (χ2n) is 18.8. The van der Waals surface area contributed by atoms with Crippen molar-refractivity contribution < 1.29 is 38.0 Å². The number of Topliss-reactive ketones (excluding diaryl/α,β-unsaturated/α-hetero) is 2. The van der Waals surface area contributed by atoms with E-state index in [0.29, 0.717) is 32.8 Å². The van der Waals surface area contributed by atoms with Crippen LogP contribution in [0.4, 0.5) is 0 Å². The molecule has 2 aliphatic heterocycles. The van der Waals surface area contributed by atoms with Crippen LogP contribution in [-0.2, 0) is 41.6 Å². The van der Waals surface area contributed by atoms with Crippen molar-refractivity contribution in [3.05, 3.63) is 177 Å². The van der Waals surface area contributed by atoms with E-state index in [1.807, 2.05) is 102 Å². The van der Waals surface area contributed by atoms with Gasteiger partial charge in [-0.2, -0.15) is 0 Å². The van der Waals surface area contributed by atoms with E-state index >= 15 is 0 Å². The second kappa shape index (κ2) is 24.1. The number of carbonyl (C=O) groups excluding carboxylic acids is 2. The van der Waals surface area contributed by atoms with Gasteiger partial charge >= 0.3 is 228 Å². The number of ketones is 2. The monoisotopic (exact) mass is 974 g/mol. The molecule has 5 atom stereocenters. The van der Waals surface area contributed by atoms with Crippen molar-refractivity contribution in [2.45, 2.75) is 143 Å². The Hall–Kier alpha value is -4.54. The van der Waals surface area contributed by atoms with Gasteiger partial charge in [0.2, 0.25) is 0 Å². The van der Waals surface area contributed by atoms with Crippen molar-refractivity contribution in [1.82, 2.24) is 0 Å². The third-order valence-corrected chi connectivity index (χ3v) is 14.6. The fourth-order valence-electron chi connectivity index (χ4n) is 9.21. The minimum absolute atomic E-state index is 0.0634. The first-order valence-corrected chi connectivity index (χ1v) is 25.4. The van der Waals surface area contributed by atoms with Gasteiger partial charge in [0.15, 0.2) is 11.6 Å². The molecular weight excluding hydrogens is 904 g/mol. The molecule has 356 valence electrons. The molecular formula is C58H70O8Se. The summed E-state index contributed by atoms with van der Waals surface area (Å²) in [6.07, 6.45) is 6.10. The van der Waals surface area contributed by atoms with Crippen LogP contribution in [-0.4, -0.2) is 75.7 Å². The molecule has 0 amide bonds. The van der Waals surface area contributed by atoms with Crippen LogP contribution >= 0.6 is 0 Å². The standard InChI is InChI=1S/C32H38O4Se.C26H32O4/c1-22-18-23(2)31(24(3)33)27(19-22)30(37-26-14-10-7-11-15-26)17-16-28-29(36-32(4,5)35-28)21-34-20-25-12-8-6-9-13-25;1-18-14-19(2)25(20(3)27)22(15-18)12-9-13-23-24(30-26(4,5)29-23)17-28-16-21-10-7-6-8-11-21/h6-15,18-19,28-30H,16-17,20-21H2,1-5H3;6-12,14-15,23-24H,13,16-17H2,1-5H3/b;12-9+/t28-,29+,30?;23-,24+/m00/s1. The maximum atomic E-state index is 12.7. The van der Waals surface area contributed by atoms with Crippen LogP contribution in [0.2, 0.25) is 0 Å². The Morgan fingerprint density at radius 1 is 0.612 bits per heavy atom. The van der Waals surface area contributed by atoms with Gasteiger partial charge in [0, 0.05) is 5.56 Å². The maximum absolute atomic E-state index is 12.7. The SMILES string of the molecule is CC(=O)c1c(C)cc(C)cc1/C=C/C[C@@H]1OC(C)(C)O[C@@H]1COCc1ccccc1.CC(=O)c1c(C)cc(C)cc1C(CC[C@@H]1OC(C)(C)O[C@@H]1COCc1ccccc1)[Se]c1ccccc1. The van der Waals surface area contributed by atoms with Crippen molar-refractivity contribution in [3.8, 4) is 0 Å². The van der Waals surface area contributed by atoms with E-state index in [-0.39, 0.29) is 55.8 Å². The molecule has 5 aromatic carbocycles. The van der Waals surface area contributed by atoms with E-state index in [0.717, 1.165) is 57.3 Å². The summed E-state index contributed by atoms with van der Waals surface area (Å²) in [5.74, 6) is -1.06. The van der Waals surface area contributed by atoms with E-state index in [1.54, 1.807) is 13.8 Å². The molecule has 2 heterocycles. The average Bonchev–Trinajstić information content (AvgIpc) is 3.74. The van der Waals surface area contributed by atoms with Crippen molar-refractivity contribution in [1.29, 1.82) is 0 Å². The molecule has 8 nitrogen and oxygen atoms in total. The Morgan fingerprint density at radius 3 is 1.61 bits per heavy atom. The van der Waals surface area contributed by atoms with E-state index in [9.17, 15) is 9.59 Å². The molecule has 0 spiro atoms. The van der Waals surface area contributed by atoms with Gasteiger partial charge in [-0.25, -0.2) is 0 Å². The number of rotatable bonds is 19. The van der Waals surface area contributed by atoms with Gasteiger partial charge in [-0.05, 0) is 57.7 Å². The molecule has 67 heavy (non-hydrogen) atoms. The topological polar surface area (TPSA) is 89.5 Å². The van der Waals surface area contributed by atoms with E-state index in [2.05, 4.69) is 80.6 Å². The van der Waals surface area contributed by atoms with Gasteiger partial charge in [0.25, 0.3) is 0 Å². The second-order valence-corrected chi connectivity index (χ2v) is 21.4. The van der Waals surface area contributed by atoms with Gasteiger partial charge in [-0.1, -0.05) is 60.2 Å². The molecule has 0 radical (unpaired) electrons. The van der Waals surface area contributed by atoms with Crippen LogP contribution in [0.1, 0.15) is 131 Å². The summed E-state index contributed by atoms with van der Waals surface area (Å²) in [4.78, 5) is 25.1. The third-order valence-electron chi connectivity index (χ3n) is 11.8. The molecule has 2 fully saturated rings. The molecule has 1 unspecified atom stereocenters. The fraction of sp³-hybridized carbons (Fsp3) is 0.414. The first-order chi connectivity index (χ1) is 32.0. The molecule has 0 aromatic heterocycles.